The summed E-state index contributed by atoms with van der Waals surface area (Å²) in [5, 5.41) is 2.56. The van der Waals surface area contributed by atoms with Crippen molar-refractivity contribution < 1.29 is 9.53 Å². The number of fused-ring (bicyclic) bond motifs is 3. The zero-order valence-electron chi connectivity index (χ0n) is 13.7. The van der Waals surface area contributed by atoms with Crippen LogP contribution in [0.3, 0.4) is 0 Å². The Morgan fingerprint density at radius 3 is 2.31 bits per heavy atom. The summed E-state index contributed by atoms with van der Waals surface area (Å²) in [4.78, 5) is 26.3. The molecule has 0 aliphatic heterocycles. The third kappa shape index (κ3) is 2.97. The number of aromatic nitrogens is 1. The predicted octanol–water partition coefficient (Wildman–Crippen LogP) is 4.39. The molecule has 0 saturated carbocycles. The van der Waals surface area contributed by atoms with Gasteiger partial charge < -0.3 is 9.72 Å². The third-order valence-electron chi connectivity index (χ3n) is 4.45. The number of rotatable bonds is 3. The van der Waals surface area contributed by atoms with Gasteiger partial charge in [0.1, 0.15) is 17.4 Å². The summed E-state index contributed by atoms with van der Waals surface area (Å²) < 4.78 is 5.41. The number of anilines is 1. The van der Waals surface area contributed by atoms with E-state index in [1.807, 2.05) is 24.3 Å². The molecule has 0 bridgehead atoms. The fourth-order valence-electron chi connectivity index (χ4n) is 3.27. The van der Waals surface area contributed by atoms with Crippen LogP contribution in [-0.4, -0.2) is 17.7 Å². The van der Waals surface area contributed by atoms with Crippen molar-refractivity contribution >= 4 is 23.5 Å². The summed E-state index contributed by atoms with van der Waals surface area (Å²) in [6, 6.07) is 17.4. The molecule has 6 heteroatoms. The number of ether oxygens (including phenoxy) is 1. The van der Waals surface area contributed by atoms with Crippen molar-refractivity contribution in [2.24, 2.45) is 0 Å². The molecule has 0 radical (unpaired) electrons. The Labute approximate surface area is 154 Å². The van der Waals surface area contributed by atoms with Crippen molar-refractivity contribution in [3.8, 4) is 11.1 Å². The van der Waals surface area contributed by atoms with Crippen LogP contribution < -0.4 is 10.7 Å². The standard InChI is InChI=1S/C20H15ClN2O3/c21-17-10-22-19(9-18(17)24)23-20(25)26-11-16-14-7-3-1-5-12(14)13-6-2-4-8-15(13)16/h1-10,16H,11H2,(H2,22,23,24,25). The Bertz CT molecular complexity index is 999. The molecule has 130 valence electrons. The van der Waals surface area contributed by atoms with Crippen LogP contribution >= 0.6 is 11.6 Å². The molecule has 0 saturated heterocycles. The van der Waals surface area contributed by atoms with Gasteiger partial charge in [-0.2, -0.15) is 0 Å². The molecule has 26 heavy (non-hydrogen) atoms. The normalized spacial score (nSPS) is 12.3. The lowest BCUT2D eigenvalue weighted by Crippen LogP contribution is -2.19. The molecule has 2 aromatic carbocycles. The first kappa shape index (κ1) is 16.4. The molecule has 0 atom stereocenters. The van der Waals surface area contributed by atoms with Gasteiger partial charge in [0.25, 0.3) is 0 Å². The summed E-state index contributed by atoms with van der Waals surface area (Å²) in [6.45, 7) is 0.206. The number of H-pyrrole nitrogens is 1. The van der Waals surface area contributed by atoms with Crippen molar-refractivity contribution in [3.63, 3.8) is 0 Å². The maximum Gasteiger partial charge on any atom is 0.412 e. The Morgan fingerprint density at radius 2 is 1.69 bits per heavy atom. The number of benzene rings is 2. The number of hydrogen-bond donors (Lipinski definition) is 2. The smallest absolute Gasteiger partial charge is 0.412 e. The number of hydrogen-bond acceptors (Lipinski definition) is 3. The first-order valence-corrected chi connectivity index (χ1v) is 8.51. The summed E-state index contributed by atoms with van der Waals surface area (Å²) in [7, 11) is 0. The molecule has 1 amide bonds. The van der Waals surface area contributed by atoms with Gasteiger partial charge >= 0.3 is 6.09 Å². The predicted molar refractivity (Wildman–Crippen MR) is 101 cm³/mol. The monoisotopic (exact) mass is 366 g/mol. The van der Waals surface area contributed by atoms with Gasteiger partial charge in [-0.3, -0.25) is 10.1 Å². The summed E-state index contributed by atoms with van der Waals surface area (Å²) in [5.74, 6) is 0.217. The van der Waals surface area contributed by atoms with Crippen LogP contribution in [0.2, 0.25) is 5.02 Å². The number of pyridine rings is 1. The van der Waals surface area contributed by atoms with E-state index >= 15 is 0 Å². The first-order valence-electron chi connectivity index (χ1n) is 8.14. The molecule has 1 aromatic heterocycles. The molecule has 2 N–H and O–H groups in total. The van der Waals surface area contributed by atoms with Crippen LogP contribution in [-0.2, 0) is 4.74 Å². The topological polar surface area (TPSA) is 71.2 Å². The van der Waals surface area contributed by atoms with Crippen molar-refractivity contribution in [2.45, 2.75) is 5.92 Å². The van der Waals surface area contributed by atoms with Crippen molar-refractivity contribution in [3.05, 3.63) is 87.2 Å². The van der Waals surface area contributed by atoms with Crippen molar-refractivity contribution in [1.29, 1.82) is 0 Å². The summed E-state index contributed by atoms with van der Waals surface area (Å²) in [5.41, 5.74) is 4.24. The van der Waals surface area contributed by atoms with Gasteiger partial charge in [-0.05, 0) is 22.3 Å². The average molecular weight is 367 g/mol. The minimum Gasteiger partial charge on any atom is -0.448 e. The third-order valence-corrected chi connectivity index (χ3v) is 4.74. The summed E-state index contributed by atoms with van der Waals surface area (Å²) >= 11 is 5.67. The fourth-order valence-corrected chi connectivity index (χ4v) is 3.38. The largest absolute Gasteiger partial charge is 0.448 e. The number of amides is 1. The molecule has 1 heterocycles. The quantitative estimate of drug-likeness (QED) is 0.722. The lowest BCUT2D eigenvalue weighted by atomic mass is 9.98. The molecule has 0 fully saturated rings. The van der Waals surface area contributed by atoms with Crippen LogP contribution in [0.4, 0.5) is 10.6 Å². The SMILES string of the molecule is O=C(Nc1cc(=O)c(Cl)c[nH]1)OCC1c2ccccc2-c2ccccc21. The molecular weight excluding hydrogens is 352 g/mol. The number of nitrogens with one attached hydrogen (secondary N) is 2. The van der Waals surface area contributed by atoms with E-state index in [1.165, 1.54) is 23.4 Å². The molecule has 4 rings (SSSR count). The van der Waals surface area contributed by atoms with Gasteiger partial charge in [-0.25, -0.2) is 4.79 Å². The highest BCUT2D eigenvalue weighted by molar-refractivity contribution is 6.30. The second kappa shape index (κ2) is 6.69. The van der Waals surface area contributed by atoms with Crippen molar-refractivity contribution in [1.82, 2.24) is 4.98 Å². The molecule has 5 nitrogen and oxygen atoms in total. The van der Waals surface area contributed by atoms with Gasteiger partial charge in [-0.1, -0.05) is 60.1 Å². The van der Waals surface area contributed by atoms with E-state index in [1.54, 1.807) is 0 Å². The number of halogens is 1. The minimum absolute atomic E-state index is 0.0163. The van der Waals surface area contributed by atoms with Crippen LogP contribution in [0.25, 0.3) is 11.1 Å². The van der Waals surface area contributed by atoms with Crippen LogP contribution in [0.15, 0.2) is 65.6 Å². The summed E-state index contributed by atoms with van der Waals surface area (Å²) in [6.07, 6.45) is 0.688. The van der Waals surface area contributed by atoms with Crippen molar-refractivity contribution in [2.75, 3.05) is 11.9 Å². The molecule has 0 unspecified atom stereocenters. The van der Waals surface area contributed by atoms with Gasteiger partial charge in [-0.15, -0.1) is 0 Å². The van der Waals surface area contributed by atoms with E-state index in [2.05, 4.69) is 34.6 Å². The highest BCUT2D eigenvalue weighted by Gasteiger charge is 2.28. The first-order chi connectivity index (χ1) is 12.6. The van der Waals surface area contributed by atoms with Crippen LogP contribution in [0.1, 0.15) is 17.0 Å². The number of aromatic amines is 1. The maximum absolute atomic E-state index is 12.1. The number of carbonyl (C=O) groups is 1. The van der Waals surface area contributed by atoms with Gasteiger partial charge in [0.05, 0.1) is 0 Å². The van der Waals surface area contributed by atoms with E-state index < -0.39 is 6.09 Å². The van der Waals surface area contributed by atoms with Crippen LogP contribution in [0.5, 0.6) is 0 Å². The van der Waals surface area contributed by atoms with Gasteiger partial charge in [0.15, 0.2) is 0 Å². The minimum atomic E-state index is -0.634. The highest BCUT2D eigenvalue weighted by atomic mass is 35.5. The maximum atomic E-state index is 12.1. The zero-order chi connectivity index (χ0) is 18.1. The Morgan fingerprint density at radius 1 is 1.08 bits per heavy atom. The number of carbonyl (C=O) groups excluding carboxylic acids is 1. The lowest BCUT2D eigenvalue weighted by Gasteiger charge is -2.14. The fraction of sp³-hybridized carbons (Fsp3) is 0.100. The second-order valence-corrected chi connectivity index (χ2v) is 6.42. The average Bonchev–Trinajstić information content (AvgIpc) is 2.97. The molecule has 3 aromatic rings. The molecule has 1 aliphatic rings. The lowest BCUT2D eigenvalue weighted by molar-refractivity contribution is 0.158. The van der Waals surface area contributed by atoms with Crippen LogP contribution in [0, 0.1) is 0 Å². The Kier molecular flexibility index (Phi) is 4.22. The molecular formula is C20H15ClN2O3. The van der Waals surface area contributed by atoms with E-state index in [9.17, 15) is 9.59 Å². The van der Waals surface area contributed by atoms with Gasteiger partial charge in [0.2, 0.25) is 5.43 Å². The van der Waals surface area contributed by atoms with E-state index in [4.69, 9.17) is 16.3 Å². The highest BCUT2D eigenvalue weighted by Crippen LogP contribution is 2.44. The molecule has 1 aliphatic carbocycles. The van der Waals surface area contributed by atoms with E-state index in [-0.39, 0.29) is 28.8 Å². The molecule has 0 spiro atoms. The second-order valence-electron chi connectivity index (χ2n) is 6.01. The Balaban J connectivity index is 1.50. The van der Waals surface area contributed by atoms with E-state index in [0.717, 1.165) is 11.1 Å². The van der Waals surface area contributed by atoms with Gasteiger partial charge in [0, 0.05) is 18.2 Å². The zero-order valence-corrected chi connectivity index (χ0v) is 14.4. The van der Waals surface area contributed by atoms with E-state index in [0.29, 0.717) is 0 Å². The Hall–Kier alpha value is -3.05.